The third-order valence-electron chi connectivity index (χ3n) is 5.28. The van der Waals surface area contributed by atoms with Gasteiger partial charge in [0.05, 0.1) is 18.6 Å². The molecule has 0 atom stereocenters. The molecule has 1 aliphatic rings. The lowest BCUT2D eigenvalue weighted by atomic mass is 10.0. The molecule has 4 rings (SSSR count). The maximum absolute atomic E-state index is 13.4. The molecule has 1 heterocycles. The van der Waals surface area contributed by atoms with Gasteiger partial charge in [-0.2, -0.15) is 0 Å². The summed E-state index contributed by atoms with van der Waals surface area (Å²) in [6.07, 6.45) is 1.76. The largest absolute Gasteiger partial charge is 0.491 e. The standard InChI is InChI=1S/C22H21FN2O7S/c1-25(33(2,28)29)16-10-17-15(9-18(16)30-11-12-3-4-12)19(21(26)32-22(24)27)20(31-17)13-5-7-14(23)8-6-13/h5-10,12H,3-4,11H2,1-2H3,(H2,24,27). The summed E-state index contributed by atoms with van der Waals surface area (Å²) in [6, 6.07) is 8.03. The van der Waals surface area contributed by atoms with E-state index in [2.05, 4.69) is 4.74 Å². The third-order valence-corrected chi connectivity index (χ3v) is 6.47. The van der Waals surface area contributed by atoms with Crippen LogP contribution in [0.1, 0.15) is 23.2 Å². The van der Waals surface area contributed by atoms with Crippen molar-refractivity contribution >= 4 is 38.7 Å². The van der Waals surface area contributed by atoms with Gasteiger partial charge in [-0.15, -0.1) is 0 Å². The second kappa shape index (κ2) is 8.39. The average Bonchev–Trinajstić information content (AvgIpc) is 3.49. The fourth-order valence-electron chi connectivity index (χ4n) is 3.29. The van der Waals surface area contributed by atoms with Crippen molar-refractivity contribution < 1.29 is 36.3 Å². The van der Waals surface area contributed by atoms with Crippen molar-refractivity contribution in [2.24, 2.45) is 11.7 Å². The highest BCUT2D eigenvalue weighted by Crippen LogP contribution is 2.42. The average molecular weight is 476 g/mol. The fraction of sp³-hybridized carbons (Fsp3) is 0.273. The van der Waals surface area contributed by atoms with E-state index >= 15 is 0 Å². The van der Waals surface area contributed by atoms with Gasteiger partial charge in [-0.1, -0.05) is 0 Å². The molecule has 2 N–H and O–H groups in total. The SMILES string of the molecule is CN(c1cc2oc(-c3ccc(F)cc3)c(C(=O)OC(N)=O)c2cc1OCC1CC1)S(C)(=O)=O. The first kappa shape index (κ1) is 22.6. The summed E-state index contributed by atoms with van der Waals surface area (Å²) in [5.74, 6) is -0.983. The number of hydrogen-bond donors (Lipinski definition) is 1. The van der Waals surface area contributed by atoms with Crippen molar-refractivity contribution in [2.75, 3.05) is 24.2 Å². The molecular weight excluding hydrogens is 455 g/mol. The normalized spacial score (nSPS) is 13.7. The number of halogens is 1. The molecule has 0 bridgehead atoms. The van der Waals surface area contributed by atoms with Crippen molar-refractivity contribution in [3.05, 3.63) is 47.8 Å². The Balaban J connectivity index is 1.94. The fourth-order valence-corrected chi connectivity index (χ4v) is 3.79. The molecule has 0 spiro atoms. The lowest BCUT2D eigenvalue weighted by Gasteiger charge is -2.20. The quantitative estimate of drug-likeness (QED) is 0.407. The van der Waals surface area contributed by atoms with E-state index in [0.717, 1.165) is 23.4 Å². The highest BCUT2D eigenvalue weighted by Gasteiger charge is 2.29. The summed E-state index contributed by atoms with van der Waals surface area (Å²) in [7, 11) is -2.28. The zero-order valence-electron chi connectivity index (χ0n) is 17.8. The molecule has 0 radical (unpaired) electrons. The Hall–Kier alpha value is -3.60. The zero-order valence-corrected chi connectivity index (χ0v) is 18.6. The Labute approximate surface area is 188 Å². The van der Waals surface area contributed by atoms with Crippen LogP contribution in [0.4, 0.5) is 14.9 Å². The van der Waals surface area contributed by atoms with Gasteiger partial charge in [0, 0.05) is 24.1 Å². The van der Waals surface area contributed by atoms with Crippen molar-refractivity contribution in [3.63, 3.8) is 0 Å². The first-order valence-electron chi connectivity index (χ1n) is 9.99. The Bertz CT molecular complexity index is 1350. The molecular formula is C22H21FN2O7S. The number of furan rings is 1. The Morgan fingerprint density at radius 1 is 1.21 bits per heavy atom. The van der Waals surface area contributed by atoms with Gasteiger partial charge in [0.2, 0.25) is 10.0 Å². The van der Waals surface area contributed by atoms with Gasteiger partial charge in [-0.05, 0) is 49.1 Å². The zero-order chi connectivity index (χ0) is 23.9. The second-order valence-corrected chi connectivity index (χ2v) is 9.84. The molecule has 33 heavy (non-hydrogen) atoms. The summed E-state index contributed by atoms with van der Waals surface area (Å²) in [5.41, 5.74) is 5.57. The summed E-state index contributed by atoms with van der Waals surface area (Å²) in [6.45, 7) is 0.375. The molecule has 1 saturated carbocycles. The molecule has 1 fully saturated rings. The minimum Gasteiger partial charge on any atom is -0.491 e. The molecule has 174 valence electrons. The van der Waals surface area contributed by atoms with E-state index in [1.165, 1.54) is 43.4 Å². The van der Waals surface area contributed by atoms with E-state index in [9.17, 15) is 22.4 Å². The molecule has 11 heteroatoms. The number of fused-ring (bicyclic) bond motifs is 1. The smallest absolute Gasteiger partial charge is 0.412 e. The maximum atomic E-state index is 13.4. The Morgan fingerprint density at radius 3 is 2.45 bits per heavy atom. The van der Waals surface area contributed by atoms with Crippen LogP contribution in [0.5, 0.6) is 5.75 Å². The molecule has 1 aromatic heterocycles. The predicted octanol–water partition coefficient (Wildman–Crippen LogP) is 3.66. The van der Waals surface area contributed by atoms with Crippen LogP contribution < -0.4 is 14.8 Å². The van der Waals surface area contributed by atoms with Gasteiger partial charge in [0.25, 0.3) is 0 Å². The Kier molecular flexibility index (Phi) is 5.75. The second-order valence-electron chi connectivity index (χ2n) is 7.82. The number of benzene rings is 2. The highest BCUT2D eigenvalue weighted by molar-refractivity contribution is 7.92. The number of ether oxygens (including phenoxy) is 2. The van der Waals surface area contributed by atoms with Crippen molar-refractivity contribution in [1.82, 2.24) is 0 Å². The number of esters is 1. The predicted molar refractivity (Wildman–Crippen MR) is 118 cm³/mol. The van der Waals surface area contributed by atoms with Crippen LogP contribution in [0, 0.1) is 11.7 Å². The number of sulfonamides is 1. The van der Waals surface area contributed by atoms with Crippen LogP contribution in [0.25, 0.3) is 22.3 Å². The number of carbonyl (C=O) groups excluding carboxylic acids is 2. The van der Waals surface area contributed by atoms with Gasteiger partial charge in [0.1, 0.15) is 28.5 Å². The summed E-state index contributed by atoms with van der Waals surface area (Å²) < 4.78 is 55.2. The monoisotopic (exact) mass is 476 g/mol. The summed E-state index contributed by atoms with van der Waals surface area (Å²) in [5, 5.41) is 0.219. The summed E-state index contributed by atoms with van der Waals surface area (Å²) >= 11 is 0. The maximum Gasteiger partial charge on any atom is 0.412 e. The van der Waals surface area contributed by atoms with Gasteiger partial charge >= 0.3 is 12.1 Å². The molecule has 0 saturated heterocycles. The highest BCUT2D eigenvalue weighted by atomic mass is 32.2. The molecule has 0 unspecified atom stereocenters. The van der Waals surface area contributed by atoms with Crippen LogP contribution in [0.2, 0.25) is 0 Å². The number of rotatable bonds is 7. The van der Waals surface area contributed by atoms with Gasteiger partial charge in [-0.3, -0.25) is 4.31 Å². The number of anilines is 1. The first-order valence-corrected chi connectivity index (χ1v) is 11.8. The molecule has 3 aromatic rings. The number of nitrogens with zero attached hydrogens (tertiary/aromatic N) is 1. The lowest BCUT2D eigenvalue weighted by molar-refractivity contribution is 0.0640. The van der Waals surface area contributed by atoms with Crippen LogP contribution in [0.15, 0.2) is 40.8 Å². The third kappa shape index (κ3) is 4.77. The number of carbonyl (C=O) groups is 2. The molecule has 9 nitrogen and oxygen atoms in total. The van der Waals surface area contributed by atoms with Crippen LogP contribution in [-0.4, -0.2) is 40.4 Å². The van der Waals surface area contributed by atoms with Crippen LogP contribution in [-0.2, 0) is 14.8 Å². The minimum absolute atomic E-state index is 0.00329. The number of primary amides is 1. The van der Waals surface area contributed by atoms with E-state index in [1.54, 1.807) is 0 Å². The first-order chi connectivity index (χ1) is 15.5. The van der Waals surface area contributed by atoms with Crippen LogP contribution in [0.3, 0.4) is 0 Å². The van der Waals surface area contributed by atoms with Gasteiger partial charge in [0.15, 0.2) is 0 Å². The molecule has 0 aliphatic heterocycles. The minimum atomic E-state index is -3.65. The van der Waals surface area contributed by atoms with E-state index in [-0.39, 0.29) is 33.7 Å². The topological polar surface area (TPSA) is 129 Å². The number of nitrogens with two attached hydrogens (primary N) is 1. The van der Waals surface area contributed by atoms with Crippen molar-refractivity contribution in [3.8, 4) is 17.1 Å². The molecule has 1 amide bonds. The van der Waals surface area contributed by atoms with E-state index in [4.69, 9.17) is 14.9 Å². The van der Waals surface area contributed by atoms with Gasteiger partial charge < -0.3 is 19.6 Å². The van der Waals surface area contributed by atoms with E-state index in [1.807, 2.05) is 0 Å². The molecule has 1 aliphatic carbocycles. The Morgan fingerprint density at radius 2 is 1.88 bits per heavy atom. The summed E-state index contributed by atoms with van der Waals surface area (Å²) in [4.78, 5) is 24.0. The molecule has 2 aromatic carbocycles. The van der Waals surface area contributed by atoms with E-state index in [0.29, 0.717) is 18.1 Å². The van der Waals surface area contributed by atoms with Crippen LogP contribution >= 0.6 is 0 Å². The lowest BCUT2D eigenvalue weighted by Crippen LogP contribution is -2.25. The van der Waals surface area contributed by atoms with Crippen molar-refractivity contribution in [1.29, 1.82) is 0 Å². The van der Waals surface area contributed by atoms with Crippen molar-refractivity contribution in [2.45, 2.75) is 12.8 Å². The van der Waals surface area contributed by atoms with Gasteiger partial charge in [-0.25, -0.2) is 22.4 Å². The number of amides is 1. The van der Waals surface area contributed by atoms with E-state index < -0.39 is 27.9 Å². The number of hydrogen-bond acceptors (Lipinski definition) is 7.